The zero-order chi connectivity index (χ0) is 27.2. The average molecular weight is 532 g/mol. The van der Waals surface area contributed by atoms with Crippen molar-refractivity contribution in [2.45, 2.75) is 56.8 Å². The third-order valence-corrected chi connectivity index (χ3v) is 7.00. The fourth-order valence-electron chi connectivity index (χ4n) is 4.81. The quantitative estimate of drug-likeness (QED) is 0.488. The molecule has 0 bridgehead atoms. The lowest BCUT2D eigenvalue weighted by molar-refractivity contribution is -0.141. The largest absolute Gasteiger partial charge is 0.494 e. The number of carbonyl (C=O) groups excluding carboxylic acids is 2. The highest BCUT2D eigenvalue weighted by molar-refractivity contribution is 6.01. The standard InChI is InChI=1S/C26H28F3N5O4/c1-14(30)21-20(22(35)33-25(10-11-25)24(36)34-12-4-3-5-13-34)32-23(38-21)16-6-8-17(37-2)19-15(16)7-9-18(31-19)26(27,28)29/h6-9,14H,3-5,10-13,30H2,1-2H3,(H,33,35)/t14-/m0/s1. The summed E-state index contributed by atoms with van der Waals surface area (Å²) in [6.07, 6.45) is -0.629. The molecule has 1 aliphatic carbocycles. The Bertz CT molecular complexity index is 1390. The van der Waals surface area contributed by atoms with Crippen molar-refractivity contribution < 1.29 is 31.9 Å². The van der Waals surface area contributed by atoms with Gasteiger partial charge in [-0.05, 0) is 63.3 Å². The van der Waals surface area contributed by atoms with Gasteiger partial charge in [0, 0.05) is 24.0 Å². The summed E-state index contributed by atoms with van der Waals surface area (Å²) in [5.74, 6) is -0.458. The highest BCUT2D eigenvalue weighted by Gasteiger charge is 2.53. The Kier molecular flexibility index (Phi) is 6.54. The van der Waals surface area contributed by atoms with Crippen molar-refractivity contribution in [3.8, 4) is 17.2 Å². The van der Waals surface area contributed by atoms with Crippen LogP contribution in [0.4, 0.5) is 13.2 Å². The van der Waals surface area contributed by atoms with Gasteiger partial charge in [-0.3, -0.25) is 9.59 Å². The molecule has 3 aromatic rings. The summed E-state index contributed by atoms with van der Waals surface area (Å²) in [6.45, 7) is 2.96. The number of likely N-dealkylation sites (tertiary alicyclic amines) is 1. The van der Waals surface area contributed by atoms with Gasteiger partial charge in [-0.25, -0.2) is 9.97 Å². The van der Waals surface area contributed by atoms with Crippen molar-refractivity contribution >= 4 is 22.7 Å². The van der Waals surface area contributed by atoms with Crippen LogP contribution in [0.2, 0.25) is 0 Å². The van der Waals surface area contributed by atoms with Crippen LogP contribution in [0.25, 0.3) is 22.4 Å². The number of benzene rings is 1. The van der Waals surface area contributed by atoms with Crippen LogP contribution in [-0.2, 0) is 11.0 Å². The van der Waals surface area contributed by atoms with E-state index in [0.717, 1.165) is 25.3 Å². The van der Waals surface area contributed by atoms with Gasteiger partial charge >= 0.3 is 6.18 Å². The molecule has 2 amide bonds. The second-order valence-electron chi connectivity index (χ2n) is 9.82. The maximum atomic E-state index is 13.4. The molecule has 0 spiro atoms. The van der Waals surface area contributed by atoms with Crippen LogP contribution in [0.3, 0.4) is 0 Å². The number of hydrogen-bond acceptors (Lipinski definition) is 7. The highest BCUT2D eigenvalue weighted by Crippen LogP contribution is 2.40. The molecule has 1 aliphatic heterocycles. The molecule has 9 nitrogen and oxygen atoms in total. The molecule has 202 valence electrons. The Balaban J connectivity index is 1.50. The summed E-state index contributed by atoms with van der Waals surface area (Å²) < 4.78 is 51.0. The SMILES string of the molecule is COc1ccc(-c2nc(C(=O)NC3(C(=O)N4CCCCC4)CC3)c([C@H](C)N)o2)c2ccc(C(F)(F)F)nc12. The molecule has 2 aromatic heterocycles. The number of nitrogens with zero attached hydrogens (tertiary/aromatic N) is 3. The monoisotopic (exact) mass is 531 g/mol. The number of carbonyl (C=O) groups is 2. The zero-order valence-electron chi connectivity index (χ0n) is 21.0. The topological polar surface area (TPSA) is 124 Å². The Morgan fingerprint density at radius 1 is 1.13 bits per heavy atom. The van der Waals surface area contributed by atoms with Crippen LogP contribution in [0, 0.1) is 0 Å². The zero-order valence-corrected chi connectivity index (χ0v) is 21.0. The number of nitrogens with two attached hydrogens (primary N) is 1. The van der Waals surface area contributed by atoms with Gasteiger partial charge in [0.05, 0.1) is 13.2 Å². The molecule has 3 N–H and O–H groups in total. The first kappa shape index (κ1) is 26.0. The van der Waals surface area contributed by atoms with E-state index in [9.17, 15) is 22.8 Å². The molecule has 1 saturated heterocycles. The number of nitrogens with one attached hydrogen (secondary N) is 1. The Morgan fingerprint density at radius 3 is 2.45 bits per heavy atom. The lowest BCUT2D eigenvalue weighted by Gasteiger charge is -2.30. The Labute approximate surface area is 216 Å². The molecular weight excluding hydrogens is 503 g/mol. The van der Waals surface area contributed by atoms with Crippen LogP contribution in [0.5, 0.6) is 5.75 Å². The van der Waals surface area contributed by atoms with E-state index in [1.165, 1.54) is 19.2 Å². The first-order chi connectivity index (χ1) is 18.0. The number of oxazole rings is 1. The normalized spacial score (nSPS) is 17.8. The van der Waals surface area contributed by atoms with Crippen molar-refractivity contribution in [1.29, 1.82) is 0 Å². The number of aromatic nitrogens is 2. The van der Waals surface area contributed by atoms with Gasteiger partial charge < -0.3 is 25.1 Å². The number of hydrogen-bond donors (Lipinski definition) is 2. The van der Waals surface area contributed by atoms with E-state index in [1.807, 2.05) is 0 Å². The lowest BCUT2D eigenvalue weighted by atomic mass is 10.1. The van der Waals surface area contributed by atoms with Gasteiger partial charge in [-0.15, -0.1) is 0 Å². The second-order valence-corrected chi connectivity index (χ2v) is 9.82. The van der Waals surface area contributed by atoms with Crippen molar-refractivity contribution in [2.75, 3.05) is 20.2 Å². The molecule has 2 fully saturated rings. The summed E-state index contributed by atoms with van der Waals surface area (Å²) in [7, 11) is 1.33. The maximum absolute atomic E-state index is 13.4. The van der Waals surface area contributed by atoms with Crippen LogP contribution in [0.15, 0.2) is 28.7 Å². The summed E-state index contributed by atoms with van der Waals surface area (Å²) in [4.78, 5) is 36.4. The van der Waals surface area contributed by atoms with Gasteiger partial charge in [-0.1, -0.05) is 0 Å². The molecular formula is C26H28F3N5O4. The number of fused-ring (bicyclic) bond motifs is 1. The third kappa shape index (κ3) is 4.68. The molecule has 2 aliphatic rings. The average Bonchev–Trinajstić information content (AvgIpc) is 3.53. The van der Waals surface area contributed by atoms with Crippen LogP contribution >= 0.6 is 0 Å². The second kappa shape index (κ2) is 9.57. The van der Waals surface area contributed by atoms with E-state index in [-0.39, 0.29) is 34.5 Å². The van der Waals surface area contributed by atoms with Crippen molar-refractivity contribution in [2.24, 2.45) is 5.73 Å². The van der Waals surface area contributed by atoms with Gasteiger partial charge in [0.1, 0.15) is 22.5 Å². The predicted molar refractivity (Wildman–Crippen MR) is 131 cm³/mol. The molecule has 0 unspecified atom stereocenters. The maximum Gasteiger partial charge on any atom is 0.433 e. The first-order valence-electron chi connectivity index (χ1n) is 12.5. The molecule has 1 atom stereocenters. The van der Waals surface area contributed by atoms with Crippen LogP contribution < -0.4 is 15.8 Å². The minimum Gasteiger partial charge on any atom is -0.494 e. The van der Waals surface area contributed by atoms with Gasteiger partial charge in [0.2, 0.25) is 11.8 Å². The number of piperidine rings is 1. The molecule has 3 heterocycles. The summed E-state index contributed by atoms with van der Waals surface area (Å²) in [6, 6.07) is 4.42. The summed E-state index contributed by atoms with van der Waals surface area (Å²) in [5, 5.41) is 3.15. The minimum absolute atomic E-state index is 0.0103. The number of ether oxygens (including phenoxy) is 1. The molecule has 5 rings (SSSR count). The van der Waals surface area contributed by atoms with E-state index in [2.05, 4.69) is 15.3 Å². The molecule has 12 heteroatoms. The number of halogens is 3. The molecule has 1 saturated carbocycles. The van der Waals surface area contributed by atoms with E-state index >= 15 is 0 Å². The molecule has 1 aromatic carbocycles. The van der Waals surface area contributed by atoms with Crippen molar-refractivity contribution in [3.63, 3.8) is 0 Å². The number of pyridine rings is 1. The Morgan fingerprint density at radius 2 is 1.84 bits per heavy atom. The van der Waals surface area contributed by atoms with E-state index in [1.54, 1.807) is 17.9 Å². The highest BCUT2D eigenvalue weighted by atomic mass is 19.4. The van der Waals surface area contributed by atoms with Crippen molar-refractivity contribution in [1.82, 2.24) is 20.2 Å². The van der Waals surface area contributed by atoms with Gasteiger partial charge in [-0.2, -0.15) is 13.2 Å². The number of alkyl halides is 3. The van der Waals surface area contributed by atoms with E-state index in [4.69, 9.17) is 14.9 Å². The lowest BCUT2D eigenvalue weighted by Crippen LogP contribution is -2.52. The van der Waals surface area contributed by atoms with Crippen LogP contribution in [-0.4, -0.2) is 52.4 Å². The molecule has 38 heavy (non-hydrogen) atoms. The van der Waals surface area contributed by atoms with Gasteiger partial charge in [0.25, 0.3) is 5.91 Å². The summed E-state index contributed by atoms with van der Waals surface area (Å²) in [5.41, 5.74) is 4.25. The number of amides is 2. The van der Waals surface area contributed by atoms with E-state index in [0.29, 0.717) is 36.9 Å². The van der Waals surface area contributed by atoms with E-state index < -0.39 is 29.4 Å². The predicted octanol–water partition coefficient (Wildman–Crippen LogP) is 4.21. The first-order valence-corrected chi connectivity index (χ1v) is 12.5. The third-order valence-electron chi connectivity index (χ3n) is 7.00. The smallest absolute Gasteiger partial charge is 0.433 e. The van der Waals surface area contributed by atoms with Gasteiger partial charge in [0.15, 0.2) is 11.5 Å². The van der Waals surface area contributed by atoms with Crippen molar-refractivity contribution in [3.05, 3.63) is 41.4 Å². The summed E-state index contributed by atoms with van der Waals surface area (Å²) >= 11 is 0. The fraction of sp³-hybridized carbons (Fsp3) is 0.462. The minimum atomic E-state index is -4.64. The number of rotatable bonds is 6. The molecule has 0 radical (unpaired) electrons. The number of methoxy groups -OCH3 is 1. The fourth-order valence-corrected chi connectivity index (χ4v) is 4.81. The van der Waals surface area contributed by atoms with Crippen LogP contribution in [0.1, 0.15) is 67.0 Å². The Hall–Kier alpha value is -3.67.